The highest BCUT2D eigenvalue weighted by molar-refractivity contribution is 8.00. The SMILES string of the molecule is Cc1ccc2c(c1)C(NC1CC1)C(C)C(C)S2. The zero-order chi connectivity index (χ0) is 12.0. The number of hydrogen-bond acceptors (Lipinski definition) is 2. The van der Waals surface area contributed by atoms with Gasteiger partial charge in [0.25, 0.3) is 0 Å². The zero-order valence-electron chi connectivity index (χ0n) is 10.9. The molecule has 1 saturated carbocycles. The van der Waals surface area contributed by atoms with Crippen LogP contribution in [-0.2, 0) is 0 Å². The molecule has 0 aromatic heterocycles. The quantitative estimate of drug-likeness (QED) is 0.850. The van der Waals surface area contributed by atoms with E-state index in [-0.39, 0.29) is 0 Å². The van der Waals surface area contributed by atoms with Crippen molar-refractivity contribution in [2.24, 2.45) is 5.92 Å². The van der Waals surface area contributed by atoms with Gasteiger partial charge in [-0.25, -0.2) is 0 Å². The van der Waals surface area contributed by atoms with Gasteiger partial charge in [0.1, 0.15) is 0 Å². The third-order valence-electron chi connectivity index (χ3n) is 4.07. The summed E-state index contributed by atoms with van der Waals surface area (Å²) in [4.78, 5) is 1.49. The minimum Gasteiger partial charge on any atom is -0.307 e. The summed E-state index contributed by atoms with van der Waals surface area (Å²) in [5.74, 6) is 0.717. The Balaban J connectivity index is 1.96. The van der Waals surface area contributed by atoms with E-state index in [4.69, 9.17) is 0 Å². The number of fused-ring (bicyclic) bond motifs is 1. The molecule has 0 radical (unpaired) electrons. The first-order valence-corrected chi connectivity index (χ1v) is 7.56. The fraction of sp³-hybridized carbons (Fsp3) is 0.600. The fourth-order valence-corrected chi connectivity index (χ4v) is 3.87. The molecule has 0 saturated heterocycles. The topological polar surface area (TPSA) is 12.0 Å². The van der Waals surface area contributed by atoms with Crippen LogP contribution in [0.2, 0.25) is 0 Å². The fourth-order valence-electron chi connectivity index (χ4n) is 2.63. The van der Waals surface area contributed by atoms with Crippen molar-refractivity contribution in [2.45, 2.75) is 55.8 Å². The molecule has 1 aromatic rings. The van der Waals surface area contributed by atoms with E-state index in [0.29, 0.717) is 11.3 Å². The first-order valence-electron chi connectivity index (χ1n) is 6.68. The van der Waals surface area contributed by atoms with Gasteiger partial charge in [0.2, 0.25) is 0 Å². The smallest absolute Gasteiger partial charge is 0.0370 e. The maximum absolute atomic E-state index is 3.84. The normalized spacial score (nSPS) is 32.3. The van der Waals surface area contributed by atoms with Crippen molar-refractivity contribution >= 4 is 11.8 Å². The summed E-state index contributed by atoms with van der Waals surface area (Å²) in [5, 5.41) is 4.55. The molecular formula is C15H21NS. The molecular weight excluding hydrogens is 226 g/mol. The van der Waals surface area contributed by atoms with Crippen LogP contribution in [0.1, 0.15) is 43.9 Å². The van der Waals surface area contributed by atoms with Crippen molar-refractivity contribution in [3.8, 4) is 0 Å². The predicted molar refractivity (Wildman–Crippen MR) is 74.6 cm³/mol. The standard InChI is InChI=1S/C15H21NS/c1-9-4-7-14-13(8-9)15(16-12-5-6-12)10(2)11(3)17-14/h4,7-8,10-12,15-16H,5-6H2,1-3H3. The number of rotatable bonds is 2. The third-order valence-corrected chi connectivity index (χ3v) is 5.50. The van der Waals surface area contributed by atoms with Crippen LogP contribution in [0.3, 0.4) is 0 Å². The molecule has 2 aliphatic rings. The van der Waals surface area contributed by atoms with Crippen molar-refractivity contribution in [2.75, 3.05) is 0 Å². The summed E-state index contributed by atoms with van der Waals surface area (Å²) in [6.45, 7) is 6.95. The van der Waals surface area contributed by atoms with Crippen molar-refractivity contribution in [3.05, 3.63) is 29.3 Å². The van der Waals surface area contributed by atoms with Gasteiger partial charge in [0.05, 0.1) is 0 Å². The first-order chi connectivity index (χ1) is 8.15. The average molecular weight is 247 g/mol. The van der Waals surface area contributed by atoms with Gasteiger partial charge in [0, 0.05) is 22.2 Å². The van der Waals surface area contributed by atoms with Crippen molar-refractivity contribution in [1.82, 2.24) is 5.32 Å². The summed E-state index contributed by atoms with van der Waals surface area (Å²) >= 11 is 2.04. The Labute approximate surface area is 108 Å². The molecule has 1 fully saturated rings. The third kappa shape index (κ3) is 2.25. The van der Waals surface area contributed by atoms with Crippen LogP contribution in [0.25, 0.3) is 0 Å². The van der Waals surface area contributed by atoms with Gasteiger partial charge in [-0.1, -0.05) is 31.5 Å². The van der Waals surface area contributed by atoms with Gasteiger partial charge in [-0.2, -0.15) is 0 Å². The second kappa shape index (κ2) is 4.33. The van der Waals surface area contributed by atoms with Gasteiger partial charge in [-0.15, -0.1) is 11.8 Å². The highest BCUT2D eigenvalue weighted by atomic mass is 32.2. The lowest BCUT2D eigenvalue weighted by Gasteiger charge is -2.36. The van der Waals surface area contributed by atoms with Gasteiger partial charge in [0.15, 0.2) is 0 Å². The van der Waals surface area contributed by atoms with E-state index in [1.807, 2.05) is 11.8 Å². The van der Waals surface area contributed by atoms with Crippen molar-refractivity contribution in [3.63, 3.8) is 0 Å². The van der Waals surface area contributed by atoms with E-state index in [1.165, 1.54) is 28.9 Å². The van der Waals surface area contributed by atoms with E-state index in [0.717, 1.165) is 12.0 Å². The van der Waals surface area contributed by atoms with E-state index >= 15 is 0 Å². The van der Waals surface area contributed by atoms with E-state index in [2.05, 4.69) is 44.3 Å². The second-order valence-electron chi connectivity index (χ2n) is 5.64. The van der Waals surface area contributed by atoms with Gasteiger partial charge >= 0.3 is 0 Å². The lowest BCUT2D eigenvalue weighted by molar-refractivity contribution is 0.369. The molecule has 1 aliphatic heterocycles. The molecule has 3 unspecified atom stereocenters. The molecule has 1 N–H and O–H groups in total. The Morgan fingerprint density at radius 1 is 1.24 bits per heavy atom. The number of nitrogens with one attached hydrogen (secondary N) is 1. The maximum atomic E-state index is 3.84. The largest absolute Gasteiger partial charge is 0.307 e. The molecule has 2 heteroatoms. The monoisotopic (exact) mass is 247 g/mol. The maximum Gasteiger partial charge on any atom is 0.0370 e. The summed E-state index contributed by atoms with van der Waals surface area (Å²) in [6.07, 6.45) is 2.73. The van der Waals surface area contributed by atoms with Crippen molar-refractivity contribution < 1.29 is 0 Å². The van der Waals surface area contributed by atoms with E-state index < -0.39 is 0 Å². The van der Waals surface area contributed by atoms with Crippen LogP contribution in [0.4, 0.5) is 0 Å². The molecule has 0 amide bonds. The molecule has 1 heterocycles. The first kappa shape index (κ1) is 11.6. The van der Waals surface area contributed by atoms with Crippen molar-refractivity contribution in [1.29, 1.82) is 0 Å². The van der Waals surface area contributed by atoms with Gasteiger partial charge in [-0.05, 0) is 37.3 Å². The van der Waals surface area contributed by atoms with Crippen LogP contribution in [-0.4, -0.2) is 11.3 Å². The highest BCUT2D eigenvalue weighted by Gasteiger charge is 2.35. The Bertz CT molecular complexity index is 425. The summed E-state index contributed by atoms with van der Waals surface area (Å²) in [6, 6.07) is 8.27. The molecule has 3 atom stereocenters. The lowest BCUT2D eigenvalue weighted by atomic mass is 9.90. The number of hydrogen-bond donors (Lipinski definition) is 1. The molecule has 92 valence electrons. The summed E-state index contributed by atoms with van der Waals surface area (Å²) in [5.41, 5.74) is 2.92. The highest BCUT2D eigenvalue weighted by Crippen LogP contribution is 2.45. The molecule has 0 bridgehead atoms. The zero-order valence-corrected chi connectivity index (χ0v) is 11.7. The number of thioether (sulfide) groups is 1. The van der Waals surface area contributed by atoms with Crippen LogP contribution < -0.4 is 5.32 Å². The molecule has 17 heavy (non-hydrogen) atoms. The predicted octanol–water partition coefficient (Wildman–Crippen LogP) is 3.92. The molecule has 0 spiro atoms. The van der Waals surface area contributed by atoms with Crippen LogP contribution in [0.5, 0.6) is 0 Å². The second-order valence-corrected chi connectivity index (χ2v) is 7.06. The van der Waals surface area contributed by atoms with Crippen LogP contribution in [0, 0.1) is 12.8 Å². The lowest BCUT2D eigenvalue weighted by Crippen LogP contribution is -2.35. The minimum absolute atomic E-state index is 0.564. The molecule has 1 aromatic carbocycles. The Hall–Kier alpha value is -0.470. The minimum atomic E-state index is 0.564. The van der Waals surface area contributed by atoms with E-state index in [1.54, 1.807) is 0 Å². The molecule has 1 nitrogen and oxygen atoms in total. The average Bonchev–Trinajstić information content (AvgIpc) is 3.10. The van der Waals surface area contributed by atoms with Crippen LogP contribution in [0.15, 0.2) is 23.1 Å². The van der Waals surface area contributed by atoms with Gasteiger partial charge < -0.3 is 5.32 Å². The van der Waals surface area contributed by atoms with E-state index in [9.17, 15) is 0 Å². The van der Waals surface area contributed by atoms with Crippen LogP contribution >= 0.6 is 11.8 Å². The molecule has 3 rings (SSSR count). The Morgan fingerprint density at radius 3 is 2.71 bits per heavy atom. The summed E-state index contributed by atoms with van der Waals surface area (Å²) < 4.78 is 0. The van der Waals surface area contributed by atoms with Gasteiger partial charge in [-0.3, -0.25) is 0 Å². The Morgan fingerprint density at radius 2 is 2.00 bits per heavy atom. The number of benzene rings is 1. The summed E-state index contributed by atoms with van der Waals surface area (Å²) in [7, 11) is 0. The number of aryl methyl sites for hydroxylation is 1. The molecule has 1 aliphatic carbocycles. The Kier molecular flexibility index (Phi) is 2.95.